The molecular formula is C19H12ClF2N5O2. The molecule has 0 saturated heterocycles. The molecule has 0 atom stereocenters. The van der Waals surface area contributed by atoms with Gasteiger partial charge in [0.15, 0.2) is 5.65 Å². The van der Waals surface area contributed by atoms with Crippen molar-refractivity contribution < 1.29 is 13.6 Å². The number of carbonyl (C=O) groups is 1. The van der Waals surface area contributed by atoms with Crippen LogP contribution in [0.5, 0.6) is 0 Å². The molecule has 7 nitrogen and oxygen atoms in total. The van der Waals surface area contributed by atoms with Crippen LogP contribution in [-0.2, 0) is 11.3 Å². The number of hydrogen-bond donors (Lipinski definition) is 1. The summed E-state index contributed by atoms with van der Waals surface area (Å²) in [5, 5.41) is 6.88. The van der Waals surface area contributed by atoms with Crippen molar-refractivity contribution >= 4 is 34.2 Å². The van der Waals surface area contributed by atoms with Crippen LogP contribution in [0.15, 0.2) is 59.8 Å². The Kier molecular flexibility index (Phi) is 4.81. The van der Waals surface area contributed by atoms with Gasteiger partial charge in [0.1, 0.15) is 29.9 Å². The normalized spacial score (nSPS) is 11.0. The molecule has 0 unspecified atom stereocenters. The van der Waals surface area contributed by atoms with E-state index in [4.69, 9.17) is 11.6 Å². The second-order valence-electron chi connectivity index (χ2n) is 6.12. The standard InChI is InChI=1S/C19H12ClF2N5O2/c20-11-1-6-16(15(22)7-11)25-17(28)9-26-10-23-18-14(19(26)29)8-24-27(18)13-4-2-12(21)3-5-13/h1-8,10H,9H2,(H,25,28). The minimum atomic E-state index is -0.688. The number of nitrogens with zero attached hydrogens (tertiary/aromatic N) is 4. The lowest BCUT2D eigenvalue weighted by molar-refractivity contribution is -0.116. The molecule has 146 valence electrons. The molecule has 29 heavy (non-hydrogen) atoms. The molecule has 4 rings (SSSR count). The van der Waals surface area contributed by atoms with Crippen LogP contribution in [0.1, 0.15) is 0 Å². The molecule has 4 aromatic rings. The van der Waals surface area contributed by atoms with Crippen LogP contribution >= 0.6 is 11.6 Å². The van der Waals surface area contributed by atoms with E-state index in [1.165, 1.54) is 53.6 Å². The first kappa shape index (κ1) is 18.8. The maximum absolute atomic E-state index is 13.8. The summed E-state index contributed by atoms with van der Waals surface area (Å²) in [5.74, 6) is -1.70. The number of aromatic nitrogens is 4. The van der Waals surface area contributed by atoms with Crippen molar-refractivity contribution in [1.29, 1.82) is 0 Å². The highest BCUT2D eigenvalue weighted by molar-refractivity contribution is 6.30. The Bertz CT molecular complexity index is 1280. The smallest absolute Gasteiger partial charge is 0.264 e. The van der Waals surface area contributed by atoms with Gasteiger partial charge in [0.25, 0.3) is 5.56 Å². The lowest BCUT2D eigenvalue weighted by Gasteiger charge is -2.08. The zero-order chi connectivity index (χ0) is 20.5. The Morgan fingerprint density at radius 1 is 1.14 bits per heavy atom. The highest BCUT2D eigenvalue weighted by atomic mass is 35.5. The molecule has 0 bridgehead atoms. The lowest BCUT2D eigenvalue weighted by atomic mass is 10.3. The second-order valence-corrected chi connectivity index (χ2v) is 6.56. The number of hydrogen-bond acceptors (Lipinski definition) is 4. The van der Waals surface area contributed by atoms with E-state index >= 15 is 0 Å². The summed E-state index contributed by atoms with van der Waals surface area (Å²) in [5.41, 5.74) is 0.254. The molecule has 2 aromatic heterocycles. The molecular weight excluding hydrogens is 404 g/mol. The average Bonchev–Trinajstić information content (AvgIpc) is 3.12. The summed E-state index contributed by atoms with van der Waals surface area (Å²) in [4.78, 5) is 29.1. The Balaban J connectivity index is 1.60. The molecule has 0 aliphatic carbocycles. The van der Waals surface area contributed by atoms with E-state index in [0.29, 0.717) is 5.69 Å². The number of fused-ring (bicyclic) bond motifs is 1. The van der Waals surface area contributed by atoms with Crippen molar-refractivity contribution in [2.75, 3.05) is 5.32 Å². The minimum Gasteiger partial charge on any atom is -0.322 e. The molecule has 0 aliphatic rings. The molecule has 2 aromatic carbocycles. The van der Waals surface area contributed by atoms with Crippen molar-refractivity contribution in [3.63, 3.8) is 0 Å². The topological polar surface area (TPSA) is 81.8 Å². The average molecular weight is 416 g/mol. The summed E-state index contributed by atoms with van der Waals surface area (Å²) in [6.45, 7) is -0.369. The fraction of sp³-hybridized carbons (Fsp3) is 0.0526. The van der Waals surface area contributed by atoms with Crippen LogP contribution in [0.3, 0.4) is 0 Å². The van der Waals surface area contributed by atoms with Gasteiger partial charge < -0.3 is 5.32 Å². The van der Waals surface area contributed by atoms with E-state index in [1.807, 2.05) is 0 Å². The van der Waals surface area contributed by atoms with Crippen LogP contribution in [-0.4, -0.2) is 25.2 Å². The Morgan fingerprint density at radius 3 is 2.62 bits per heavy atom. The van der Waals surface area contributed by atoms with Gasteiger partial charge in [0.2, 0.25) is 5.91 Å². The van der Waals surface area contributed by atoms with Gasteiger partial charge in [-0.1, -0.05) is 11.6 Å². The van der Waals surface area contributed by atoms with Crippen molar-refractivity contribution in [1.82, 2.24) is 19.3 Å². The summed E-state index contributed by atoms with van der Waals surface area (Å²) < 4.78 is 29.4. The summed E-state index contributed by atoms with van der Waals surface area (Å²) in [7, 11) is 0. The predicted octanol–water partition coefficient (Wildman–Crippen LogP) is 3.15. The third-order valence-electron chi connectivity index (χ3n) is 4.14. The first-order valence-electron chi connectivity index (χ1n) is 8.36. The number of benzene rings is 2. The van der Waals surface area contributed by atoms with Gasteiger partial charge in [0.05, 0.1) is 17.6 Å². The van der Waals surface area contributed by atoms with Gasteiger partial charge in [-0.3, -0.25) is 14.2 Å². The van der Waals surface area contributed by atoms with Crippen LogP contribution in [0.25, 0.3) is 16.7 Å². The van der Waals surface area contributed by atoms with Crippen LogP contribution in [0, 0.1) is 11.6 Å². The maximum atomic E-state index is 13.8. The second kappa shape index (κ2) is 7.44. The number of amides is 1. The highest BCUT2D eigenvalue weighted by Crippen LogP contribution is 2.19. The zero-order valence-corrected chi connectivity index (χ0v) is 15.4. The Labute approximate surface area is 167 Å². The molecule has 0 spiro atoms. The quantitative estimate of drug-likeness (QED) is 0.555. The van der Waals surface area contributed by atoms with Gasteiger partial charge in [-0.15, -0.1) is 0 Å². The highest BCUT2D eigenvalue weighted by Gasteiger charge is 2.14. The summed E-state index contributed by atoms with van der Waals surface area (Å²) in [6.07, 6.45) is 2.52. The van der Waals surface area contributed by atoms with Crippen molar-refractivity contribution in [2.24, 2.45) is 0 Å². The molecule has 0 saturated carbocycles. The van der Waals surface area contributed by atoms with Crippen LogP contribution in [0.4, 0.5) is 14.5 Å². The van der Waals surface area contributed by atoms with Gasteiger partial charge in [-0.25, -0.2) is 18.4 Å². The Hall–Kier alpha value is -3.59. The van der Waals surface area contributed by atoms with E-state index in [9.17, 15) is 18.4 Å². The van der Waals surface area contributed by atoms with Crippen molar-refractivity contribution in [3.8, 4) is 5.69 Å². The molecule has 0 aliphatic heterocycles. The number of carbonyl (C=O) groups excluding carboxylic acids is 1. The first-order valence-corrected chi connectivity index (χ1v) is 8.74. The third kappa shape index (κ3) is 3.72. The largest absolute Gasteiger partial charge is 0.322 e. The van der Waals surface area contributed by atoms with E-state index in [0.717, 1.165) is 10.6 Å². The van der Waals surface area contributed by atoms with Gasteiger partial charge in [0, 0.05) is 5.02 Å². The zero-order valence-electron chi connectivity index (χ0n) is 14.6. The number of rotatable bonds is 4. The van der Waals surface area contributed by atoms with Gasteiger partial charge in [-0.2, -0.15) is 5.10 Å². The number of halogens is 3. The predicted molar refractivity (Wildman–Crippen MR) is 103 cm³/mol. The number of nitrogens with one attached hydrogen (secondary N) is 1. The summed E-state index contributed by atoms with van der Waals surface area (Å²) in [6, 6.07) is 9.37. The van der Waals surface area contributed by atoms with Crippen LogP contribution in [0.2, 0.25) is 5.02 Å². The first-order chi connectivity index (χ1) is 13.9. The monoisotopic (exact) mass is 415 g/mol. The molecule has 2 heterocycles. The number of anilines is 1. The third-order valence-corrected chi connectivity index (χ3v) is 4.38. The molecule has 1 N–H and O–H groups in total. The fourth-order valence-electron chi connectivity index (χ4n) is 2.77. The Morgan fingerprint density at radius 2 is 1.90 bits per heavy atom. The van der Waals surface area contributed by atoms with Gasteiger partial charge in [-0.05, 0) is 42.5 Å². The lowest BCUT2D eigenvalue weighted by Crippen LogP contribution is -2.28. The van der Waals surface area contributed by atoms with E-state index < -0.39 is 23.1 Å². The molecule has 1 amide bonds. The van der Waals surface area contributed by atoms with E-state index in [1.54, 1.807) is 0 Å². The van der Waals surface area contributed by atoms with Gasteiger partial charge >= 0.3 is 0 Å². The van der Waals surface area contributed by atoms with Crippen LogP contribution < -0.4 is 10.9 Å². The fourth-order valence-corrected chi connectivity index (χ4v) is 2.93. The molecule has 0 radical (unpaired) electrons. The van der Waals surface area contributed by atoms with E-state index in [2.05, 4.69) is 15.4 Å². The minimum absolute atomic E-state index is 0.0504. The molecule has 0 fully saturated rings. The summed E-state index contributed by atoms with van der Waals surface area (Å²) >= 11 is 5.68. The SMILES string of the molecule is O=C(Cn1cnc2c(cnn2-c2ccc(F)cc2)c1=O)Nc1ccc(Cl)cc1F. The van der Waals surface area contributed by atoms with E-state index in [-0.39, 0.29) is 28.3 Å². The maximum Gasteiger partial charge on any atom is 0.264 e. The van der Waals surface area contributed by atoms with Crippen molar-refractivity contribution in [2.45, 2.75) is 6.54 Å². The van der Waals surface area contributed by atoms with Crippen molar-refractivity contribution in [3.05, 3.63) is 82.0 Å². The molecule has 10 heteroatoms.